The Bertz CT molecular complexity index is 706. The van der Waals surface area contributed by atoms with Crippen molar-refractivity contribution in [1.29, 1.82) is 0 Å². The number of aliphatic hydroxyl groups is 1. The Balaban J connectivity index is 2.23. The van der Waals surface area contributed by atoms with Crippen LogP contribution < -0.4 is 5.32 Å². The van der Waals surface area contributed by atoms with Gasteiger partial charge in [-0.2, -0.15) is 5.10 Å². The van der Waals surface area contributed by atoms with Crippen LogP contribution in [0.4, 0.5) is 0 Å². The van der Waals surface area contributed by atoms with Gasteiger partial charge in [-0.1, -0.05) is 13.8 Å². The molecule has 1 atom stereocenters. The lowest BCUT2D eigenvalue weighted by Gasteiger charge is -2.26. The summed E-state index contributed by atoms with van der Waals surface area (Å²) in [5, 5.41) is 16.8. The second-order valence-corrected chi connectivity index (χ2v) is 7.36. The fourth-order valence-corrected chi connectivity index (χ4v) is 3.15. The van der Waals surface area contributed by atoms with Crippen molar-refractivity contribution in [3.05, 3.63) is 35.3 Å². The molecule has 0 aliphatic rings. The van der Waals surface area contributed by atoms with Crippen molar-refractivity contribution in [2.75, 3.05) is 6.54 Å². The molecule has 2 N–H and O–H groups in total. The van der Waals surface area contributed by atoms with Crippen LogP contribution in [0.1, 0.15) is 48.9 Å². The van der Waals surface area contributed by atoms with Gasteiger partial charge >= 0.3 is 0 Å². The second-order valence-electron chi connectivity index (χ2n) is 7.36. The standard InChI is InChI=1S/C18H28N4O2/c1-12-7-8-13(2)22(12)17-15(10-20-21(17)6)16(24)19-11-18(4,5)9-14(3)23/h7-8,10,14,23H,9,11H2,1-6H3,(H,19,24). The van der Waals surface area contributed by atoms with E-state index in [9.17, 15) is 9.90 Å². The summed E-state index contributed by atoms with van der Waals surface area (Å²) in [6.45, 7) is 10.3. The second kappa shape index (κ2) is 6.81. The van der Waals surface area contributed by atoms with Gasteiger partial charge in [0.2, 0.25) is 0 Å². The first-order chi connectivity index (χ1) is 11.1. The van der Waals surface area contributed by atoms with Crippen LogP contribution in [-0.2, 0) is 7.05 Å². The van der Waals surface area contributed by atoms with Crippen molar-refractivity contribution in [2.45, 2.75) is 47.1 Å². The molecule has 0 aliphatic carbocycles. The molecule has 24 heavy (non-hydrogen) atoms. The van der Waals surface area contributed by atoms with Gasteiger partial charge in [-0.25, -0.2) is 0 Å². The molecule has 0 aromatic carbocycles. The van der Waals surface area contributed by atoms with E-state index in [-0.39, 0.29) is 11.3 Å². The van der Waals surface area contributed by atoms with Crippen LogP contribution in [-0.4, -0.2) is 38.0 Å². The van der Waals surface area contributed by atoms with Crippen molar-refractivity contribution < 1.29 is 9.90 Å². The van der Waals surface area contributed by atoms with Crippen LogP contribution in [0.15, 0.2) is 18.3 Å². The van der Waals surface area contributed by atoms with E-state index in [0.717, 1.165) is 17.2 Å². The van der Waals surface area contributed by atoms with E-state index in [2.05, 4.69) is 10.4 Å². The Hall–Kier alpha value is -2.08. The van der Waals surface area contributed by atoms with Crippen LogP contribution >= 0.6 is 0 Å². The lowest BCUT2D eigenvalue weighted by atomic mass is 9.87. The molecule has 0 saturated heterocycles. The van der Waals surface area contributed by atoms with Gasteiger partial charge in [-0.05, 0) is 44.7 Å². The first kappa shape index (κ1) is 18.3. The maximum absolute atomic E-state index is 12.7. The van der Waals surface area contributed by atoms with Crippen molar-refractivity contribution in [1.82, 2.24) is 19.7 Å². The number of carbonyl (C=O) groups is 1. The normalized spacial score (nSPS) is 13.1. The van der Waals surface area contributed by atoms with E-state index in [1.165, 1.54) is 0 Å². The van der Waals surface area contributed by atoms with E-state index in [1.54, 1.807) is 17.8 Å². The molecule has 132 valence electrons. The Morgan fingerprint density at radius 2 is 1.92 bits per heavy atom. The minimum absolute atomic E-state index is 0.149. The van der Waals surface area contributed by atoms with E-state index in [1.807, 2.05) is 51.4 Å². The fourth-order valence-electron chi connectivity index (χ4n) is 3.15. The number of rotatable bonds is 6. The topological polar surface area (TPSA) is 72.1 Å². The summed E-state index contributed by atoms with van der Waals surface area (Å²) in [6, 6.07) is 4.05. The van der Waals surface area contributed by atoms with Gasteiger partial charge < -0.3 is 15.0 Å². The molecule has 6 heteroatoms. The van der Waals surface area contributed by atoms with Gasteiger partial charge in [0.05, 0.1) is 12.3 Å². The molecular formula is C18H28N4O2. The molecule has 2 heterocycles. The van der Waals surface area contributed by atoms with E-state index in [4.69, 9.17) is 0 Å². The number of aliphatic hydroxyl groups excluding tert-OH is 1. The Morgan fingerprint density at radius 1 is 1.33 bits per heavy atom. The van der Waals surface area contributed by atoms with E-state index >= 15 is 0 Å². The van der Waals surface area contributed by atoms with Crippen molar-refractivity contribution in [3.63, 3.8) is 0 Å². The minimum atomic E-state index is -0.393. The Morgan fingerprint density at radius 3 is 2.46 bits per heavy atom. The van der Waals surface area contributed by atoms with Crippen LogP contribution in [0.25, 0.3) is 5.82 Å². The highest BCUT2D eigenvalue weighted by atomic mass is 16.3. The highest BCUT2D eigenvalue weighted by Crippen LogP contribution is 2.23. The molecule has 0 aliphatic heterocycles. The number of aromatic nitrogens is 3. The average molecular weight is 332 g/mol. The quantitative estimate of drug-likeness (QED) is 0.853. The molecule has 1 amide bonds. The molecule has 2 aromatic rings. The third-order valence-electron chi connectivity index (χ3n) is 4.21. The summed E-state index contributed by atoms with van der Waals surface area (Å²) in [5.74, 6) is 0.616. The molecular weight excluding hydrogens is 304 g/mol. The van der Waals surface area contributed by atoms with Gasteiger partial charge in [0, 0.05) is 25.0 Å². The molecule has 0 saturated carbocycles. The zero-order chi connectivity index (χ0) is 18.1. The van der Waals surface area contributed by atoms with Crippen LogP contribution in [0.3, 0.4) is 0 Å². The highest BCUT2D eigenvalue weighted by Gasteiger charge is 2.24. The first-order valence-corrected chi connectivity index (χ1v) is 8.26. The first-order valence-electron chi connectivity index (χ1n) is 8.26. The third kappa shape index (κ3) is 3.87. The zero-order valence-electron chi connectivity index (χ0n) is 15.4. The third-order valence-corrected chi connectivity index (χ3v) is 4.21. The summed E-state index contributed by atoms with van der Waals surface area (Å²) in [6.07, 6.45) is 1.84. The van der Waals surface area contributed by atoms with Crippen LogP contribution in [0, 0.1) is 19.3 Å². The molecule has 2 rings (SSSR count). The SMILES string of the molecule is Cc1ccc(C)n1-c1c(C(=O)NCC(C)(C)CC(C)O)cnn1C. The number of hydrogen-bond acceptors (Lipinski definition) is 3. The summed E-state index contributed by atoms with van der Waals surface area (Å²) >= 11 is 0. The van der Waals surface area contributed by atoms with Gasteiger partial charge in [0.1, 0.15) is 11.4 Å². The minimum Gasteiger partial charge on any atom is -0.393 e. The van der Waals surface area contributed by atoms with Crippen molar-refractivity contribution >= 4 is 5.91 Å². The predicted molar refractivity (Wildman–Crippen MR) is 94.4 cm³/mol. The Kier molecular flexibility index (Phi) is 5.18. The smallest absolute Gasteiger partial charge is 0.256 e. The van der Waals surface area contributed by atoms with E-state index < -0.39 is 6.10 Å². The predicted octanol–water partition coefficient (Wildman–Crippen LogP) is 2.35. The molecule has 0 fully saturated rings. The molecule has 1 unspecified atom stereocenters. The van der Waals surface area contributed by atoms with Crippen LogP contribution in [0.5, 0.6) is 0 Å². The zero-order valence-corrected chi connectivity index (χ0v) is 15.4. The lowest BCUT2D eigenvalue weighted by Crippen LogP contribution is -2.36. The van der Waals surface area contributed by atoms with Gasteiger partial charge in [-0.3, -0.25) is 9.48 Å². The van der Waals surface area contributed by atoms with Gasteiger partial charge in [-0.15, -0.1) is 0 Å². The molecule has 0 radical (unpaired) electrons. The van der Waals surface area contributed by atoms with Gasteiger partial charge in [0.15, 0.2) is 0 Å². The summed E-state index contributed by atoms with van der Waals surface area (Å²) in [7, 11) is 1.84. The summed E-state index contributed by atoms with van der Waals surface area (Å²) in [4.78, 5) is 12.7. The maximum Gasteiger partial charge on any atom is 0.256 e. The fraction of sp³-hybridized carbons (Fsp3) is 0.556. The average Bonchev–Trinajstić information content (AvgIpc) is 2.98. The molecule has 0 bridgehead atoms. The maximum atomic E-state index is 12.7. The van der Waals surface area contributed by atoms with Gasteiger partial charge in [0.25, 0.3) is 5.91 Å². The number of nitrogens with zero attached hydrogens (tertiary/aromatic N) is 3. The molecule has 2 aromatic heterocycles. The number of amides is 1. The molecule has 6 nitrogen and oxygen atoms in total. The van der Waals surface area contributed by atoms with Crippen LogP contribution in [0.2, 0.25) is 0 Å². The highest BCUT2D eigenvalue weighted by molar-refractivity contribution is 5.97. The number of hydrogen-bond donors (Lipinski definition) is 2. The van der Waals surface area contributed by atoms with Crippen molar-refractivity contribution in [2.24, 2.45) is 12.5 Å². The Labute approximate surface area is 143 Å². The summed E-state index contributed by atoms with van der Waals surface area (Å²) < 4.78 is 3.75. The lowest BCUT2D eigenvalue weighted by molar-refractivity contribution is 0.0902. The number of carbonyl (C=O) groups excluding carboxylic acids is 1. The van der Waals surface area contributed by atoms with E-state index in [0.29, 0.717) is 18.5 Å². The largest absolute Gasteiger partial charge is 0.393 e. The number of aryl methyl sites for hydroxylation is 3. The monoisotopic (exact) mass is 332 g/mol. The summed E-state index contributed by atoms with van der Waals surface area (Å²) in [5.41, 5.74) is 2.48. The van der Waals surface area contributed by atoms with Crippen molar-refractivity contribution in [3.8, 4) is 5.82 Å². The number of nitrogens with one attached hydrogen (secondary N) is 1. The molecule has 0 spiro atoms.